The maximum atomic E-state index is 5.34. The Labute approximate surface area is 123 Å². The molecular weight excluding hydrogens is 248 g/mol. The first-order chi connectivity index (χ1) is 9.76. The van der Waals surface area contributed by atoms with Crippen LogP contribution in [0.5, 0.6) is 0 Å². The molecule has 0 spiro atoms. The van der Waals surface area contributed by atoms with Crippen LogP contribution in [0.15, 0.2) is 30.3 Å². The molecule has 1 aliphatic heterocycles. The summed E-state index contributed by atoms with van der Waals surface area (Å²) in [5.41, 5.74) is 1.32. The van der Waals surface area contributed by atoms with Crippen LogP contribution in [-0.4, -0.2) is 44.8 Å². The molecule has 112 valence electrons. The molecule has 1 aliphatic rings. The number of hydrogen-bond donors (Lipinski definition) is 0. The third kappa shape index (κ3) is 3.81. The molecule has 0 amide bonds. The maximum Gasteiger partial charge on any atom is 0.0618 e. The van der Waals surface area contributed by atoms with Crippen LogP contribution in [0.2, 0.25) is 0 Å². The minimum absolute atomic E-state index is 0.292. The number of benzene rings is 1. The van der Waals surface area contributed by atoms with Gasteiger partial charge in [-0.25, -0.2) is 0 Å². The standard InChI is InChI=1S/C17H27N2O/c1-14(12-19-11-7-10-16(19)13-20-3)17(18-2)15-8-5-4-6-9-15/h4-6,8-9,14,16-17H,7,10-13H2,1-3H3/q-1/t14-,16-,17+/m0/s1. The zero-order valence-corrected chi connectivity index (χ0v) is 13.0. The van der Waals surface area contributed by atoms with Crippen LogP contribution in [0.25, 0.3) is 5.32 Å². The van der Waals surface area contributed by atoms with Gasteiger partial charge >= 0.3 is 0 Å². The second-order valence-electron chi connectivity index (χ2n) is 5.84. The summed E-state index contributed by atoms with van der Waals surface area (Å²) in [6.45, 7) is 5.47. The Hall–Kier alpha value is -0.900. The molecule has 3 atom stereocenters. The molecule has 2 rings (SSSR count). The summed E-state index contributed by atoms with van der Waals surface area (Å²) in [6, 6.07) is 11.5. The van der Waals surface area contributed by atoms with Gasteiger partial charge in [0.2, 0.25) is 0 Å². The second kappa shape index (κ2) is 7.77. The normalized spacial score (nSPS) is 22.9. The van der Waals surface area contributed by atoms with E-state index < -0.39 is 0 Å². The van der Waals surface area contributed by atoms with Crippen molar-refractivity contribution in [3.05, 3.63) is 41.2 Å². The lowest BCUT2D eigenvalue weighted by Crippen LogP contribution is -2.37. The summed E-state index contributed by atoms with van der Waals surface area (Å²) in [5, 5.41) is 4.61. The second-order valence-corrected chi connectivity index (χ2v) is 5.84. The van der Waals surface area contributed by atoms with Crippen molar-refractivity contribution in [3.63, 3.8) is 0 Å². The van der Waals surface area contributed by atoms with E-state index in [0.29, 0.717) is 18.0 Å². The van der Waals surface area contributed by atoms with Crippen molar-refractivity contribution in [2.75, 3.05) is 33.9 Å². The molecule has 0 unspecified atom stereocenters. The summed E-state index contributed by atoms with van der Waals surface area (Å²) >= 11 is 0. The minimum atomic E-state index is 0.292. The Morgan fingerprint density at radius 2 is 2.10 bits per heavy atom. The lowest BCUT2D eigenvalue weighted by atomic mass is 9.94. The minimum Gasteiger partial charge on any atom is -0.658 e. The Balaban J connectivity index is 1.97. The van der Waals surface area contributed by atoms with Gasteiger partial charge in [0.25, 0.3) is 0 Å². The fourth-order valence-corrected chi connectivity index (χ4v) is 3.37. The Kier molecular flexibility index (Phi) is 6.02. The van der Waals surface area contributed by atoms with Gasteiger partial charge in [-0.2, -0.15) is 7.05 Å². The zero-order valence-electron chi connectivity index (χ0n) is 13.0. The van der Waals surface area contributed by atoms with Crippen LogP contribution >= 0.6 is 0 Å². The van der Waals surface area contributed by atoms with Crippen LogP contribution < -0.4 is 0 Å². The number of methoxy groups -OCH3 is 1. The first-order valence-electron chi connectivity index (χ1n) is 7.63. The van der Waals surface area contributed by atoms with E-state index in [9.17, 15) is 0 Å². The fourth-order valence-electron chi connectivity index (χ4n) is 3.37. The van der Waals surface area contributed by atoms with Gasteiger partial charge in [-0.3, -0.25) is 4.90 Å². The predicted molar refractivity (Wildman–Crippen MR) is 84.1 cm³/mol. The van der Waals surface area contributed by atoms with E-state index >= 15 is 0 Å². The lowest BCUT2D eigenvalue weighted by Gasteiger charge is -2.38. The first kappa shape index (κ1) is 15.5. The van der Waals surface area contributed by atoms with Gasteiger partial charge < -0.3 is 10.1 Å². The molecule has 1 aromatic rings. The summed E-state index contributed by atoms with van der Waals surface area (Å²) in [4.78, 5) is 2.58. The highest BCUT2D eigenvalue weighted by Crippen LogP contribution is 2.31. The zero-order chi connectivity index (χ0) is 14.4. The van der Waals surface area contributed by atoms with Gasteiger partial charge in [-0.05, 0) is 25.3 Å². The van der Waals surface area contributed by atoms with Crippen LogP contribution in [0, 0.1) is 5.92 Å². The average molecular weight is 275 g/mol. The van der Waals surface area contributed by atoms with Crippen molar-refractivity contribution >= 4 is 0 Å². The molecule has 0 saturated carbocycles. The molecule has 1 fully saturated rings. The largest absolute Gasteiger partial charge is 0.658 e. The molecule has 1 saturated heterocycles. The monoisotopic (exact) mass is 275 g/mol. The molecule has 0 bridgehead atoms. The van der Waals surface area contributed by atoms with E-state index in [2.05, 4.69) is 47.5 Å². The predicted octanol–water partition coefficient (Wildman–Crippen LogP) is 3.48. The quantitative estimate of drug-likeness (QED) is 0.761. The van der Waals surface area contributed by atoms with Crippen LogP contribution in [0.3, 0.4) is 0 Å². The number of nitrogens with zero attached hydrogens (tertiary/aromatic N) is 2. The lowest BCUT2D eigenvalue weighted by molar-refractivity contribution is 0.105. The molecule has 20 heavy (non-hydrogen) atoms. The number of rotatable bonds is 7. The number of hydrogen-bond acceptors (Lipinski definition) is 2. The molecular formula is C17H27N2O-. The van der Waals surface area contributed by atoms with Crippen LogP contribution in [0.1, 0.15) is 31.4 Å². The van der Waals surface area contributed by atoms with Crippen LogP contribution in [-0.2, 0) is 4.74 Å². The van der Waals surface area contributed by atoms with Gasteiger partial charge in [0.15, 0.2) is 0 Å². The van der Waals surface area contributed by atoms with Gasteiger partial charge in [-0.1, -0.05) is 42.8 Å². The van der Waals surface area contributed by atoms with Crippen molar-refractivity contribution in [1.29, 1.82) is 0 Å². The smallest absolute Gasteiger partial charge is 0.0618 e. The Morgan fingerprint density at radius 3 is 2.75 bits per heavy atom. The van der Waals surface area contributed by atoms with E-state index in [4.69, 9.17) is 4.74 Å². The molecule has 1 heterocycles. The van der Waals surface area contributed by atoms with Crippen molar-refractivity contribution < 1.29 is 4.74 Å². The SMILES string of the molecule is C[N-][C@@H](c1ccccc1)[C@@H](C)CN1CCC[C@H]1COC. The van der Waals surface area contributed by atoms with Gasteiger partial charge in [0, 0.05) is 19.7 Å². The van der Waals surface area contributed by atoms with E-state index in [1.54, 1.807) is 7.11 Å². The van der Waals surface area contributed by atoms with Crippen molar-refractivity contribution in [2.45, 2.75) is 31.8 Å². The average Bonchev–Trinajstić information content (AvgIpc) is 2.88. The summed E-state index contributed by atoms with van der Waals surface area (Å²) in [6.07, 6.45) is 2.56. The summed E-state index contributed by atoms with van der Waals surface area (Å²) in [7, 11) is 3.73. The number of ether oxygens (including phenoxy) is 1. The highest BCUT2D eigenvalue weighted by molar-refractivity contribution is 5.23. The summed E-state index contributed by atoms with van der Waals surface area (Å²) < 4.78 is 5.34. The van der Waals surface area contributed by atoms with Gasteiger partial charge in [0.1, 0.15) is 0 Å². The molecule has 3 nitrogen and oxygen atoms in total. The van der Waals surface area contributed by atoms with Gasteiger partial charge in [0.05, 0.1) is 6.61 Å². The topological polar surface area (TPSA) is 26.6 Å². The maximum absolute atomic E-state index is 5.34. The molecule has 0 N–H and O–H groups in total. The molecule has 0 radical (unpaired) electrons. The Bertz CT molecular complexity index is 382. The van der Waals surface area contributed by atoms with E-state index in [1.807, 2.05) is 7.05 Å². The first-order valence-corrected chi connectivity index (χ1v) is 7.63. The van der Waals surface area contributed by atoms with E-state index in [0.717, 1.165) is 13.2 Å². The van der Waals surface area contributed by atoms with E-state index in [1.165, 1.54) is 24.9 Å². The van der Waals surface area contributed by atoms with Crippen LogP contribution in [0.4, 0.5) is 0 Å². The van der Waals surface area contributed by atoms with E-state index in [-0.39, 0.29) is 0 Å². The molecule has 0 aromatic heterocycles. The van der Waals surface area contributed by atoms with Crippen molar-refractivity contribution in [1.82, 2.24) is 4.90 Å². The third-order valence-corrected chi connectivity index (χ3v) is 4.34. The fraction of sp³-hybridized carbons (Fsp3) is 0.647. The highest BCUT2D eigenvalue weighted by Gasteiger charge is 2.26. The number of likely N-dealkylation sites (tertiary alicyclic amines) is 1. The van der Waals surface area contributed by atoms with Gasteiger partial charge in [-0.15, -0.1) is 6.04 Å². The summed E-state index contributed by atoms with van der Waals surface area (Å²) in [5.74, 6) is 0.528. The van der Waals surface area contributed by atoms with Crippen molar-refractivity contribution in [3.8, 4) is 0 Å². The third-order valence-electron chi connectivity index (χ3n) is 4.34. The molecule has 3 heteroatoms. The molecule has 0 aliphatic carbocycles. The van der Waals surface area contributed by atoms with Crippen molar-refractivity contribution in [2.24, 2.45) is 5.92 Å². The Morgan fingerprint density at radius 1 is 1.35 bits per heavy atom. The highest BCUT2D eigenvalue weighted by atomic mass is 16.5. The molecule has 1 aromatic carbocycles.